The van der Waals surface area contributed by atoms with Crippen LogP contribution in [0, 0.1) is 35.5 Å². The number of halogens is 8. The van der Waals surface area contributed by atoms with E-state index in [1.807, 2.05) is 0 Å². The highest BCUT2D eigenvalue weighted by molar-refractivity contribution is 9.10. The highest BCUT2D eigenvalue weighted by atomic mass is 79.9. The van der Waals surface area contributed by atoms with Gasteiger partial charge in [-0.15, -0.1) is 11.6 Å². The number of carbonyl (C=O) groups is 2. The Kier molecular flexibility index (Phi) is 25.1. The van der Waals surface area contributed by atoms with Crippen LogP contribution in [0.15, 0.2) is 65.1 Å². The fourth-order valence-electron chi connectivity index (χ4n) is 9.82. The van der Waals surface area contributed by atoms with E-state index in [0.29, 0.717) is 20.7 Å². The van der Waals surface area contributed by atoms with Crippen molar-refractivity contribution in [2.45, 2.75) is 69.0 Å². The number of ether oxygens (including phenoxy) is 1. The molecular weight excluding hydrogens is 1080 g/mol. The largest absolute Gasteiger partial charge is 0.497 e. The molecule has 0 spiro atoms. The quantitative estimate of drug-likeness (QED) is 0.0989. The van der Waals surface area contributed by atoms with Crippen LogP contribution in [0.1, 0.15) is 55.4 Å². The third-order valence-corrected chi connectivity index (χ3v) is 15.0. The molecule has 4 aliphatic rings. The molecule has 2 fully saturated rings. The molecule has 0 aromatic heterocycles. The summed E-state index contributed by atoms with van der Waals surface area (Å²) in [5.74, 6) is 10.9. The van der Waals surface area contributed by atoms with Crippen LogP contribution >= 0.6 is 27.5 Å². The van der Waals surface area contributed by atoms with Crippen LogP contribution < -0.4 is 20.3 Å². The SMILES string of the molecule is C.CN1C(=O)Nc2cc(CCl)ccc2C1(C#CC1CC1)C(F)(F)F.COc1ccc(CN2C(=O)NC(C#CC3CC3)(C(F)(F)F)c3ccc(Br)cc32)cc1.[B]B([B])B(B([B])[B])B(B([B])[B])B(B(B([B])[B])B([B])[B])B(B([B])[B])B([B])[B]. The maximum absolute atomic E-state index is 14.3. The van der Waals surface area contributed by atoms with Gasteiger partial charge in [-0.25, -0.2) is 9.59 Å². The lowest BCUT2D eigenvalue weighted by Crippen LogP contribution is -2.86. The number of methoxy groups -OCH3 is 1. The summed E-state index contributed by atoms with van der Waals surface area (Å²) >= 11 is 9.04. The average molecular weight is 1120 g/mol. The van der Waals surface area contributed by atoms with Gasteiger partial charge in [0.15, 0.2) is 0 Å². The molecule has 7 nitrogen and oxygen atoms in total. The summed E-state index contributed by atoms with van der Waals surface area (Å²) in [7, 11) is 85.5. The molecule has 4 amide bonds. The number of fused-ring (bicyclic) bond motifs is 2. The molecule has 7 rings (SSSR count). The van der Waals surface area contributed by atoms with Gasteiger partial charge < -0.3 is 15.4 Å². The molecule has 2 N–H and O–H groups in total. The lowest BCUT2D eigenvalue weighted by atomic mass is 8.34. The lowest BCUT2D eigenvalue weighted by molar-refractivity contribution is -0.203. The fourth-order valence-corrected chi connectivity index (χ4v) is 10.3. The van der Waals surface area contributed by atoms with Crippen LogP contribution in [0.5, 0.6) is 5.75 Å². The van der Waals surface area contributed by atoms with Crippen molar-refractivity contribution in [3.63, 3.8) is 0 Å². The van der Waals surface area contributed by atoms with Gasteiger partial charge in [0.05, 0.1) is 19.3 Å². The van der Waals surface area contributed by atoms with E-state index in [1.165, 1.54) is 41.3 Å². The van der Waals surface area contributed by atoms with Crippen molar-refractivity contribution < 1.29 is 40.7 Å². The van der Waals surface area contributed by atoms with Gasteiger partial charge in [-0.05, 0) is 67.1 Å². The first-order chi connectivity index (χ1) is 36.8. The Hall–Kier alpha value is -2.84. The zero-order chi connectivity index (χ0) is 59.3. The monoisotopic (exact) mass is 1120 g/mol. The van der Waals surface area contributed by atoms with Gasteiger partial charge in [-0.1, -0.05) is 77.4 Å². The Balaban J connectivity index is 0.000000259. The van der Waals surface area contributed by atoms with Crippen LogP contribution in [-0.2, 0) is 23.5 Å². The number of hydrogen-bond acceptors (Lipinski definition) is 3. The molecule has 0 saturated heterocycles. The summed E-state index contributed by atoms with van der Waals surface area (Å²) < 4.78 is 90.6. The number of nitrogens with zero attached hydrogens (tertiary/aromatic N) is 2. The number of alkyl halides is 7. The van der Waals surface area contributed by atoms with E-state index in [4.69, 9.17) is 125 Å². The zero-order valence-electron chi connectivity index (χ0n) is 43.3. The maximum atomic E-state index is 14.3. The number of benzene rings is 3. The molecule has 2 atom stereocenters. The van der Waals surface area contributed by atoms with E-state index in [1.54, 1.807) is 31.4 Å². The van der Waals surface area contributed by atoms with Crippen LogP contribution in [0.3, 0.4) is 0 Å². The van der Waals surface area contributed by atoms with Crippen LogP contribution in [0.25, 0.3) is 0 Å². The number of anilines is 2. The minimum absolute atomic E-state index is 0. The molecule has 2 heterocycles. The summed E-state index contributed by atoms with van der Waals surface area (Å²) in [6.07, 6.45) is -17.2. The highest BCUT2D eigenvalue weighted by Gasteiger charge is 2.63. The minimum atomic E-state index is -4.78. The fraction of sp³-hybridized carbons (Fsp3) is 0.385. The maximum Gasteiger partial charge on any atom is 0.427 e. The van der Waals surface area contributed by atoms with Crippen molar-refractivity contribution in [3.8, 4) is 29.4 Å². The van der Waals surface area contributed by atoms with Gasteiger partial charge in [0.25, 0.3) is 0 Å². The highest BCUT2D eigenvalue weighted by Crippen LogP contribution is 2.50. The normalized spacial score (nSPS) is 17.6. The van der Waals surface area contributed by atoms with Crippen LogP contribution in [-0.4, -0.2) is 228 Å². The van der Waals surface area contributed by atoms with E-state index in [0.717, 1.165) is 38.3 Å². The van der Waals surface area contributed by atoms with E-state index in [2.05, 4.69) is 50.2 Å². The average Bonchev–Trinajstić information content (AvgIpc) is 4.30. The van der Waals surface area contributed by atoms with Gasteiger partial charge >= 0.3 is 24.4 Å². The summed E-state index contributed by atoms with van der Waals surface area (Å²) in [6, 6.07) is 14.1. The molecule has 364 valence electrons. The summed E-state index contributed by atoms with van der Waals surface area (Å²) in [5.41, 5.74) is -3.88. The number of urea groups is 2. The van der Waals surface area contributed by atoms with Crippen molar-refractivity contribution in [1.29, 1.82) is 0 Å². The molecule has 2 aliphatic heterocycles. The predicted molar refractivity (Wildman–Crippen MR) is 347 cm³/mol. The molecule has 2 unspecified atom stereocenters. The number of rotatable bonds is 15. The number of hydrogen-bond donors (Lipinski definition) is 2. The van der Waals surface area contributed by atoms with Gasteiger partial charge in [-0.2, -0.15) is 26.3 Å². The molecular formula is C39H36B26BrClF6N4O3. The first kappa shape index (κ1) is 69.6. The Labute approximate surface area is 505 Å². The Morgan fingerprint density at radius 1 is 0.637 bits per heavy atom. The third kappa shape index (κ3) is 16.1. The Bertz CT molecular complexity index is 2700. The number of carbonyl (C=O) groups excluding carboxylic acids is 2. The van der Waals surface area contributed by atoms with Gasteiger partial charge in [0, 0.05) is 231 Å². The summed E-state index contributed by atoms with van der Waals surface area (Å²) in [5, 5.41) is 4.64. The van der Waals surface area contributed by atoms with Gasteiger partial charge in [-0.3, -0.25) is 9.80 Å². The van der Waals surface area contributed by atoms with E-state index in [-0.39, 0.29) is 54.2 Å². The zero-order valence-corrected chi connectivity index (χ0v) is 45.7. The Morgan fingerprint density at radius 2 is 1.09 bits per heavy atom. The standard InChI is InChI=1S/C22H18BrF3N2O2.C16H14ClF3N2O.CH4.B26/c1-30-17-7-4-15(5-8-17)13-28-19-12-16(23)6-9-18(19)21(22(24,25)26,27-20(28)29)11-10-14-2-3-14;1-22-14(23)21-13-8-11(9-17)4-5-12(13)15(22,16(18,19)20)7-6-10-2-3-10;;1-15(2)22(16(3)4)25(21(13)14)26(23(17(5)6)18(7)8)24(19(9)10)20(11)12/h4-9,12,14H,2-3,13H2,1H3,(H,27,29);4-5,8,10H,2-3,9H2,1H3,(H,21,23);1H4;. The van der Waals surface area contributed by atoms with Crippen molar-refractivity contribution in [3.05, 3.63) is 87.4 Å². The molecule has 80 heavy (non-hydrogen) atoms. The second-order valence-electron chi connectivity index (χ2n) is 20.0. The number of nitrogens with one attached hydrogen (secondary N) is 2. The third-order valence-electron chi connectivity index (χ3n) is 14.2. The van der Waals surface area contributed by atoms with E-state index >= 15 is 0 Å². The first-order valence-corrected chi connectivity index (χ1v) is 26.1. The summed E-state index contributed by atoms with van der Waals surface area (Å²) in [6.45, 7) is 0.100. The minimum Gasteiger partial charge on any atom is -0.497 e. The van der Waals surface area contributed by atoms with E-state index < -0.39 is 112 Å². The van der Waals surface area contributed by atoms with Gasteiger partial charge in [0.1, 0.15) is 5.75 Å². The van der Waals surface area contributed by atoms with Crippen LogP contribution in [0.2, 0.25) is 0 Å². The van der Waals surface area contributed by atoms with Crippen molar-refractivity contribution in [2.24, 2.45) is 11.8 Å². The second-order valence-corrected chi connectivity index (χ2v) is 21.2. The van der Waals surface area contributed by atoms with Gasteiger partial charge in [0.2, 0.25) is 11.1 Å². The molecule has 41 heteroatoms. The van der Waals surface area contributed by atoms with E-state index in [9.17, 15) is 35.9 Å². The van der Waals surface area contributed by atoms with Crippen molar-refractivity contribution >= 4 is 236 Å². The first-order valence-electron chi connectivity index (χ1n) is 24.8. The second kappa shape index (κ2) is 28.8. The predicted octanol–water partition coefficient (Wildman–Crippen LogP) is 0.168. The summed E-state index contributed by atoms with van der Waals surface area (Å²) in [4.78, 5) is 26.9. The molecule has 3 aromatic carbocycles. The number of amides is 4. The molecule has 28 radical (unpaired) electrons. The molecule has 0 bridgehead atoms. The Morgan fingerprint density at radius 3 is 1.51 bits per heavy atom. The molecule has 2 saturated carbocycles. The topological polar surface area (TPSA) is 73.9 Å². The lowest BCUT2D eigenvalue weighted by Gasteiger charge is -2.48. The van der Waals surface area contributed by atoms with Crippen molar-refractivity contribution in [2.75, 3.05) is 24.4 Å². The van der Waals surface area contributed by atoms with Crippen LogP contribution in [0.4, 0.5) is 47.3 Å². The molecule has 3 aromatic rings. The van der Waals surface area contributed by atoms with Crippen molar-refractivity contribution in [1.82, 2.24) is 10.2 Å². The molecule has 2 aliphatic carbocycles. The smallest absolute Gasteiger partial charge is 0.427 e.